The number of anilines is 1. The van der Waals surface area contributed by atoms with E-state index in [2.05, 4.69) is 10.3 Å². The maximum absolute atomic E-state index is 11.9. The zero-order valence-corrected chi connectivity index (χ0v) is 10.6. The van der Waals surface area contributed by atoms with Gasteiger partial charge < -0.3 is 15.8 Å². The van der Waals surface area contributed by atoms with Gasteiger partial charge in [-0.2, -0.15) is 0 Å². The first-order chi connectivity index (χ1) is 9.65. The van der Waals surface area contributed by atoms with Gasteiger partial charge in [-0.3, -0.25) is 14.6 Å². The molecule has 2 aromatic rings. The van der Waals surface area contributed by atoms with Gasteiger partial charge >= 0.3 is 0 Å². The molecule has 0 aliphatic carbocycles. The molecular formula is C14H13N3O3. The molecule has 0 radical (unpaired) electrons. The maximum atomic E-state index is 11.9. The van der Waals surface area contributed by atoms with Crippen LogP contribution in [0, 0.1) is 0 Å². The van der Waals surface area contributed by atoms with Crippen molar-refractivity contribution in [3.63, 3.8) is 0 Å². The van der Waals surface area contributed by atoms with Gasteiger partial charge in [0.1, 0.15) is 5.75 Å². The molecule has 20 heavy (non-hydrogen) atoms. The van der Waals surface area contributed by atoms with Crippen molar-refractivity contribution in [2.45, 2.75) is 0 Å². The van der Waals surface area contributed by atoms with E-state index in [1.807, 2.05) is 0 Å². The van der Waals surface area contributed by atoms with Gasteiger partial charge in [-0.15, -0.1) is 0 Å². The first-order valence-electron chi connectivity index (χ1n) is 5.88. The highest BCUT2D eigenvalue weighted by Gasteiger charge is 2.05. The predicted octanol–water partition coefficient (Wildman–Crippen LogP) is 1.20. The number of carbonyl (C=O) groups excluding carboxylic acids is 2. The number of hydrogen-bond donors (Lipinski definition) is 2. The third-order valence-electron chi connectivity index (χ3n) is 2.44. The Balaban J connectivity index is 1.97. The van der Waals surface area contributed by atoms with Crippen molar-refractivity contribution in [2.24, 2.45) is 5.73 Å². The minimum absolute atomic E-state index is 0.178. The highest BCUT2D eigenvalue weighted by Crippen LogP contribution is 2.16. The standard InChI is InChI=1S/C14H13N3O3/c15-13(18)9-20-12-3-1-11(2-4-12)17-14(19)10-5-7-16-8-6-10/h1-8H,9H2,(H2,15,18)(H,17,19). The number of amides is 2. The van der Waals surface area contributed by atoms with E-state index in [1.54, 1.807) is 48.8 Å². The quantitative estimate of drug-likeness (QED) is 0.854. The predicted molar refractivity (Wildman–Crippen MR) is 73.3 cm³/mol. The van der Waals surface area contributed by atoms with E-state index in [9.17, 15) is 9.59 Å². The second kappa shape index (κ2) is 6.33. The molecule has 0 saturated heterocycles. The van der Waals surface area contributed by atoms with Gasteiger partial charge in [0.2, 0.25) is 0 Å². The van der Waals surface area contributed by atoms with Crippen LogP contribution in [-0.4, -0.2) is 23.4 Å². The fraction of sp³-hybridized carbons (Fsp3) is 0.0714. The summed E-state index contributed by atoms with van der Waals surface area (Å²) >= 11 is 0. The number of nitrogens with two attached hydrogens (primary N) is 1. The van der Waals surface area contributed by atoms with Crippen LogP contribution in [0.25, 0.3) is 0 Å². The fourth-order valence-corrected chi connectivity index (χ4v) is 1.50. The Hall–Kier alpha value is -2.89. The SMILES string of the molecule is NC(=O)COc1ccc(NC(=O)c2ccncc2)cc1. The van der Waals surface area contributed by atoms with E-state index in [0.29, 0.717) is 17.0 Å². The van der Waals surface area contributed by atoms with Crippen molar-refractivity contribution >= 4 is 17.5 Å². The molecule has 2 rings (SSSR count). The summed E-state index contributed by atoms with van der Waals surface area (Å²) in [5, 5.41) is 2.74. The molecule has 0 aliphatic heterocycles. The monoisotopic (exact) mass is 271 g/mol. The van der Waals surface area contributed by atoms with E-state index < -0.39 is 5.91 Å². The molecule has 3 N–H and O–H groups in total. The maximum Gasteiger partial charge on any atom is 0.255 e. The number of carbonyl (C=O) groups is 2. The van der Waals surface area contributed by atoms with Crippen molar-refractivity contribution in [3.05, 3.63) is 54.4 Å². The van der Waals surface area contributed by atoms with Crippen LogP contribution in [-0.2, 0) is 4.79 Å². The minimum atomic E-state index is -0.542. The number of rotatable bonds is 5. The average Bonchev–Trinajstić information content (AvgIpc) is 2.47. The molecule has 6 heteroatoms. The normalized spacial score (nSPS) is 9.80. The second-order valence-electron chi connectivity index (χ2n) is 3.97. The molecule has 2 amide bonds. The number of nitrogens with one attached hydrogen (secondary N) is 1. The highest BCUT2D eigenvalue weighted by molar-refractivity contribution is 6.04. The summed E-state index contributed by atoms with van der Waals surface area (Å²) in [7, 11) is 0. The lowest BCUT2D eigenvalue weighted by molar-refractivity contribution is -0.119. The van der Waals surface area contributed by atoms with Gasteiger partial charge in [0.15, 0.2) is 6.61 Å². The summed E-state index contributed by atoms with van der Waals surface area (Å²) in [5.41, 5.74) is 6.12. The number of primary amides is 1. The van der Waals surface area contributed by atoms with Crippen LogP contribution in [0.5, 0.6) is 5.75 Å². The van der Waals surface area contributed by atoms with Crippen molar-refractivity contribution in [1.29, 1.82) is 0 Å². The first kappa shape index (κ1) is 13.5. The largest absolute Gasteiger partial charge is 0.484 e. The Morgan fingerprint density at radius 3 is 2.35 bits per heavy atom. The lowest BCUT2D eigenvalue weighted by atomic mass is 10.2. The van der Waals surface area contributed by atoms with E-state index in [-0.39, 0.29) is 12.5 Å². The molecule has 0 saturated carbocycles. The molecule has 0 fully saturated rings. The zero-order valence-electron chi connectivity index (χ0n) is 10.6. The van der Waals surface area contributed by atoms with E-state index >= 15 is 0 Å². The molecule has 102 valence electrons. The van der Waals surface area contributed by atoms with Crippen molar-refractivity contribution in [2.75, 3.05) is 11.9 Å². The molecule has 0 atom stereocenters. The van der Waals surface area contributed by atoms with Gasteiger partial charge in [0, 0.05) is 23.6 Å². The molecule has 1 aromatic heterocycles. The Morgan fingerprint density at radius 1 is 1.10 bits per heavy atom. The van der Waals surface area contributed by atoms with E-state index in [1.165, 1.54) is 0 Å². The molecule has 0 aliphatic rings. The molecular weight excluding hydrogens is 258 g/mol. The third kappa shape index (κ3) is 3.81. The molecule has 0 spiro atoms. The van der Waals surface area contributed by atoms with Crippen LogP contribution in [0.1, 0.15) is 10.4 Å². The van der Waals surface area contributed by atoms with Gasteiger partial charge in [-0.1, -0.05) is 0 Å². The summed E-state index contributed by atoms with van der Waals surface area (Å²) in [5.74, 6) is -0.260. The van der Waals surface area contributed by atoms with Gasteiger partial charge in [-0.05, 0) is 36.4 Å². The van der Waals surface area contributed by atoms with Gasteiger partial charge in [-0.25, -0.2) is 0 Å². The summed E-state index contributed by atoms with van der Waals surface area (Å²) in [6, 6.07) is 9.89. The Morgan fingerprint density at radius 2 is 1.75 bits per heavy atom. The molecule has 0 bridgehead atoms. The van der Waals surface area contributed by atoms with Gasteiger partial charge in [0.25, 0.3) is 11.8 Å². The molecule has 6 nitrogen and oxygen atoms in total. The zero-order chi connectivity index (χ0) is 14.4. The van der Waals surface area contributed by atoms with E-state index in [0.717, 1.165) is 0 Å². The smallest absolute Gasteiger partial charge is 0.255 e. The lowest BCUT2D eigenvalue weighted by Crippen LogP contribution is -2.20. The molecule has 0 unspecified atom stereocenters. The van der Waals surface area contributed by atoms with E-state index in [4.69, 9.17) is 10.5 Å². The van der Waals surface area contributed by atoms with Crippen molar-refractivity contribution in [3.8, 4) is 5.75 Å². The van der Waals surface area contributed by atoms with Gasteiger partial charge in [0.05, 0.1) is 0 Å². The summed E-state index contributed by atoms with van der Waals surface area (Å²) in [6.45, 7) is -0.178. The van der Waals surface area contributed by atoms with Crippen LogP contribution in [0.3, 0.4) is 0 Å². The minimum Gasteiger partial charge on any atom is -0.484 e. The molecule has 1 aromatic carbocycles. The summed E-state index contributed by atoms with van der Waals surface area (Å²) in [4.78, 5) is 26.3. The first-order valence-corrected chi connectivity index (χ1v) is 5.88. The van der Waals surface area contributed by atoms with Crippen molar-refractivity contribution in [1.82, 2.24) is 4.98 Å². The van der Waals surface area contributed by atoms with Crippen LogP contribution >= 0.6 is 0 Å². The summed E-state index contributed by atoms with van der Waals surface area (Å²) in [6.07, 6.45) is 3.10. The second-order valence-corrected chi connectivity index (χ2v) is 3.97. The number of benzene rings is 1. The van der Waals surface area contributed by atoms with Crippen molar-refractivity contribution < 1.29 is 14.3 Å². The highest BCUT2D eigenvalue weighted by atomic mass is 16.5. The Kier molecular flexibility index (Phi) is 4.28. The van der Waals surface area contributed by atoms with Crippen LogP contribution in [0.2, 0.25) is 0 Å². The van der Waals surface area contributed by atoms with Crippen LogP contribution < -0.4 is 15.8 Å². The number of hydrogen-bond acceptors (Lipinski definition) is 4. The summed E-state index contributed by atoms with van der Waals surface area (Å²) < 4.78 is 5.12. The lowest BCUT2D eigenvalue weighted by Gasteiger charge is -2.07. The Bertz CT molecular complexity index is 597. The number of pyridine rings is 1. The number of ether oxygens (including phenoxy) is 1. The third-order valence-corrected chi connectivity index (χ3v) is 2.44. The van der Waals surface area contributed by atoms with Crippen LogP contribution in [0.4, 0.5) is 5.69 Å². The average molecular weight is 271 g/mol. The molecule has 1 heterocycles. The Labute approximate surface area is 115 Å². The van der Waals surface area contributed by atoms with Crippen LogP contribution in [0.15, 0.2) is 48.8 Å². The topological polar surface area (TPSA) is 94.3 Å². The number of aromatic nitrogens is 1. The fourth-order valence-electron chi connectivity index (χ4n) is 1.50. The number of nitrogens with zero attached hydrogens (tertiary/aromatic N) is 1.